The molecule has 0 spiro atoms. The highest BCUT2D eigenvalue weighted by molar-refractivity contribution is 5.78. The standard InChI is InChI=1S/C11H19N5O/c1-16-8-14-10(15-16)4-6-13-11(17)9-3-2-5-12-7-9/h8-9,12H,2-7H2,1H3,(H,13,17)/t9-/m0/s1. The number of rotatable bonds is 4. The maximum atomic E-state index is 11.8. The number of carbonyl (C=O) groups excluding carboxylic acids is 1. The Hall–Kier alpha value is -1.43. The molecule has 2 N–H and O–H groups in total. The summed E-state index contributed by atoms with van der Waals surface area (Å²) in [5, 5.41) is 10.3. The fraction of sp³-hybridized carbons (Fsp3) is 0.727. The van der Waals surface area contributed by atoms with Crippen LogP contribution in [0.4, 0.5) is 0 Å². The predicted octanol–water partition coefficient (Wildman–Crippen LogP) is -0.527. The molecule has 2 heterocycles. The molecule has 1 atom stereocenters. The Morgan fingerprint density at radius 3 is 3.24 bits per heavy atom. The molecule has 0 aliphatic carbocycles. The van der Waals surface area contributed by atoms with Crippen LogP contribution in [-0.4, -0.2) is 40.3 Å². The minimum Gasteiger partial charge on any atom is -0.355 e. The van der Waals surface area contributed by atoms with Crippen molar-refractivity contribution in [2.75, 3.05) is 19.6 Å². The van der Waals surface area contributed by atoms with Crippen LogP contribution < -0.4 is 10.6 Å². The molecule has 6 nitrogen and oxygen atoms in total. The number of piperidine rings is 1. The van der Waals surface area contributed by atoms with Gasteiger partial charge in [-0.2, -0.15) is 5.10 Å². The molecule has 2 rings (SSSR count). The van der Waals surface area contributed by atoms with E-state index in [1.54, 1.807) is 11.0 Å². The zero-order valence-electron chi connectivity index (χ0n) is 10.1. The fourth-order valence-electron chi connectivity index (χ4n) is 2.02. The van der Waals surface area contributed by atoms with Crippen molar-refractivity contribution in [3.63, 3.8) is 0 Å². The van der Waals surface area contributed by atoms with E-state index in [0.29, 0.717) is 13.0 Å². The molecule has 0 saturated carbocycles. The zero-order valence-corrected chi connectivity index (χ0v) is 10.1. The van der Waals surface area contributed by atoms with Crippen LogP contribution in [0.2, 0.25) is 0 Å². The minimum atomic E-state index is 0.125. The lowest BCUT2D eigenvalue weighted by molar-refractivity contribution is -0.125. The van der Waals surface area contributed by atoms with Crippen molar-refractivity contribution in [3.8, 4) is 0 Å². The summed E-state index contributed by atoms with van der Waals surface area (Å²) in [6.45, 7) is 2.44. The van der Waals surface area contributed by atoms with Crippen LogP contribution in [0.3, 0.4) is 0 Å². The van der Waals surface area contributed by atoms with Crippen LogP contribution in [0.25, 0.3) is 0 Å². The van der Waals surface area contributed by atoms with Crippen molar-refractivity contribution < 1.29 is 4.79 Å². The van der Waals surface area contributed by atoms with Gasteiger partial charge in [-0.1, -0.05) is 0 Å². The Labute approximate surface area is 101 Å². The van der Waals surface area contributed by atoms with E-state index in [-0.39, 0.29) is 11.8 Å². The molecule has 1 aliphatic rings. The van der Waals surface area contributed by atoms with Crippen LogP contribution in [0.1, 0.15) is 18.7 Å². The SMILES string of the molecule is Cn1cnc(CCNC(=O)[C@H]2CCCNC2)n1. The first-order valence-electron chi connectivity index (χ1n) is 6.08. The van der Waals surface area contributed by atoms with Gasteiger partial charge in [-0.3, -0.25) is 9.48 Å². The molecule has 1 amide bonds. The molecule has 1 aromatic rings. The Morgan fingerprint density at radius 2 is 2.59 bits per heavy atom. The van der Waals surface area contributed by atoms with Gasteiger partial charge in [0, 0.05) is 26.6 Å². The molecule has 0 bridgehead atoms. The van der Waals surface area contributed by atoms with E-state index < -0.39 is 0 Å². The predicted molar refractivity (Wildman–Crippen MR) is 63.3 cm³/mol. The molecule has 0 unspecified atom stereocenters. The molecule has 1 aromatic heterocycles. The Bertz CT molecular complexity index is 370. The topological polar surface area (TPSA) is 71.8 Å². The molecule has 94 valence electrons. The molecule has 1 fully saturated rings. The Kier molecular flexibility index (Phi) is 4.08. The van der Waals surface area contributed by atoms with E-state index in [0.717, 1.165) is 31.8 Å². The minimum absolute atomic E-state index is 0.125. The first kappa shape index (κ1) is 12.0. The van der Waals surface area contributed by atoms with Crippen molar-refractivity contribution >= 4 is 5.91 Å². The largest absolute Gasteiger partial charge is 0.355 e. The summed E-state index contributed by atoms with van der Waals surface area (Å²) in [6.07, 6.45) is 4.43. The van der Waals surface area contributed by atoms with Gasteiger partial charge in [0.2, 0.25) is 5.91 Å². The van der Waals surface area contributed by atoms with E-state index in [2.05, 4.69) is 20.7 Å². The number of hydrogen-bond donors (Lipinski definition) is 2. The van der Waals surface area contributed by atoms with Gasteiger partial charge >= 0.3 is 0 Å². The summed E-state index contributed by atoms with van der Waals surface area (Å²) < 4.78 is 1.67. The molecule has 0 aromatic carbocycles. The Balaban J connectivity index is 1.69. The first-order valence-corrected chi connectivity index (χ1v) is 6.08. The first-order chi connectivity index (χ1) is 8.25. The van der Waals surface area contributed by atoms with E-state index in [9.17, 15) is 4.79 Å². The second kappa shape index (κ2) is 5.77. The molecule has 1 aliphatic heterocycles. The lowest BCUT2D eigenvalue weighted by Crippen LogP contribution is -2.41. The molecule has 17 heavy (non-hydrogen) atoms. The van der Waals surface area contributed by atoms with Crippen molar-refractivity contribution in [1.82, 2.24) is 25.4 Å². The van der Waals surface area contributed by atoms with Crippen LogP contribution in [-0.2, 0) is 18.3 Å². The van der Waals surface area contributed by atoms with Gasteiger partial charge < -0.3 is 10.6 Å². The molecule has 1 saturated heterocycles. The summed E-state index contributed by atoms with van der Waals surface area (Å²) in [5.41, 5.74) is 0. The summed E-state index contributed by atoms with van der Waals surface area (Å²) in [7, 11) is 1.84. The number of hydrogen-bond acceptors (Lipinski definition) is 4. The quantitative estimate of drug-likeness (QED) is 0.738. The van der Waals surface area contributed by atoms with Gasteiger partial charge in [-0.05, 0) is 19.4 Å². The van der Waals surface area contributed by atoms with Gasteiger partial charge in [0.1, 0.15) is 6.33 Å². The normalized spacial score (nSPS) is 20.2. The van der Waals surface area contributed by atoms with Gasteiger partial charge in [0.25, 0.3) is 0 Å². The van der Waals surface area contributed by atoms with Crippen molar-refractivity contribution in [3.05, 3.63) is 12.2 Å². The number of aryl methyl sites for hydroxylation is 1. The monoisotopic (exact) mass is 237 g/mol. The van der Waals surface area contributed by atoms with E-state index in [1.807, 2.05) is 7.05 Å². The third-order valence-electron chi connectivity index (χ3n) is 2.96. The number of carbonyl (C=O) groups is 1. The zero-order chi connectivity index (χ0) is 12.1. The fourth-order valence-corrected chi connectivity index (χ4v) is 2.02. The third-order valence-corrected chi connectivity index (χ3v) is 2.96. The molecular weight excluding hydrogens is 218 g/mol. The summed E-state index contributed by atoms with van der Waals surface area (Å²) in [6, 6.07) is 0. The van der Waals surface area contributed by atoms with E-state index in [1.165, 1.54) is 0 Å². The van der Waals surface area contributed by atoms with Crippen LogP contribution in [0.15, 0.2) is 6.33 Å². The number of nitrogens with one attached hydrogen (secondary N) is 2. The second-order valence-corrected chi connectivity index (χ2v) is 4.42. The third kappa shape index (κ3) is 3.52. The summed E-state index contributed by atoms with van der Waals surface area (Å²) in [5.74, 6) is 1.04. The van der Waals surface area contributed by atoms with Gasteiger partial charge in [0.05, 0.1) is 5.92 Å². The highest BCUT2D eigenvalue weighted by Gasteiger charge is 2.20. The lowest BCUT2D eigenvalue weighted by Gasteiger charge is -2.21. The van der Waals surface area contributed by atoms with Gasteiger partial charge in [-0.25, -0.2) is 4.98 Å². The van der Waals surface area contributed by atoms with E-state index >= 15 is 0 Å². The second-order valence-electron chi connectivity index (χ2n) is 4.42. The molecule has 6 heteroatoms. The number of amides is 1. The average molecular weight is 237 g/mol. The Morgan fingerprint density at radius 1 is 1.71 bits per heavy atom. The van der Waals surface area contributed by atoms with Gasteiger partial charge in [0.15, 0.2) is 5.82 Å². The molecule has 0 radical (unpaired) electrons. The number of nitrogens with zero attached hydrogens (tertiary/aromatic N) is 3. The summed E-state index contributed by atoms with van der Waals surface area (Å²) >= 11 is 0. The summed E-state index contributed by atoms with van der Waals surface area (Å²) in [4.78, 5) is 15.9. The highest BCUT2D eigenvalue weighted by atomic mass is 16.1. The van der Waals surface area contributed by atoms with Crippen LogP contribution >= 0.6 is 0 Å². The van der Waals surface area contributed by atoms with E-state index in [4.69, 9.17) is 0 Å². The lowest BCUT2D eigenvalue weighted by atomic mass is 9.99. The highest BCUT2D eigenvalue weighted by Crippen LogP contribution is 2.09. The molecular formula is C11H19N5O. The smallest absolute Gasteiger partial charge is 0.224 e. The number of aromatic nitrogens is 3. The van der Waals surface area contributed by atoms with Crippen LogP contribution in [0, 0.1) is 5.92 Å². The van der Waals surface area contributed by atoms with Crippen LogP contribution in [0.5, 0.6) is 0 Å². The van der Waals surface area contributed by atoms with Crippen molar-refractivity contribution in [2.45, 2.75) is 19.3 Å². The van der Waals surface area contributed by atoms with Gasteiger partial charge in [-0.15, -0.1) is 0 Å². The maximum Gasteiger partial charge on any atom is 0.224 e. The average Bonchev–Trinajstić information content (AvgIpc) is 2.76. The maximum absolute atomic E-state index is 11.8. The van der Waals surface area contributed by atoms with Crippen molar-refractivity contribution in [1.29, 1.82) is 0 Å². The van der Waals surface area contributed by atoms with Crippen molar-refractivity contribution in [2.24, 2.45) is 13.0 Å².